The van der Waals surface area contributed by atoms with E-state index in [-0.39, 0.29) is 5.97 Å². The highest BCUT2D eigenvalue weighted by Crippen LogP contribution is 2.04. The lowest BCUT2D eigenvalue weighted by atomic mass is 10.2. The number of hydrogen-bond acceptors (Lipinski definition) is 3. The van der Waals surface area contributed by atoms with Gasteiger partial charge >= 0.3 is 5.97 Å². The smallest absolute Gasteiger partial charge is 0.307 e. The van der Waals surface area contributed by atoms with Gasteiger partial charge in [-0.1, -0.05) is 26.7 Å². The second kappa shape index (κ2) is 7.10. The van der Waals surface area contributed by atoms with Gasteiger partial charge in [-0.15, -0.1) is 0 Å². The van der Waals surface area contributed by atoms with Crippen LogP contribution in [0.5, 0.6) is 0 Å². The molecule has 0 aliphatic carbocycles. The second-order valence-corrected chi connectivity index (χ2v) is 2.79. The number of rotatable bonds is 6. The number of carbonyl (C=O) groups excluding carboxylic acids is 1. The number of hydrogen-bond donors (Lipinski definition) is 1. The minimum Gasteiger partial charge on any atom is -0.436 e. The van der Waals surface area contributed by atoms with Crippen molar-refractivity contribution in [3.05, 3.63) is 0 Å². The van der Waals surface area contributed by atoms with Crippen molar-refractivity contribution in [2.75, 3.05) is 0 Å². The molecule has 12 heavy (non-hydrogen) atoms. The lowest BCUT2D eigenvalue weighted by molar-refractivity contribution is -0.168. The van der Waals surface area contributed by atoms with Gasteiger partial charge in [0.1, 0.15) is 0 Å². The molecule has 0 aliphatic heterocycles. The number of unbranched alkanes of at least 4 members (excludes halogenated alkanes) is 2. The summed E-state index contributed by atoms with van der Waals surface area (Å²) >= 11 is 0. The summed E-state index contributed by atoms with van der Waals surface area (Å²) in [5, 5.41) is 9.13. The highest BCUT2D eigenvalue weighted by atomic mass is 16.6. The van der Waals surface area contributed by atoms with E-state index in [0.29, 0.717) is 12.8 Å². The van der Waals surface area contributed by atoms with E-state index < -0.39 is 6.29 Å². The number of carbonyl (C=O) groups is 1. The molecule has 0 amide bonds. The molecule has 3 nitrogen and oxygen atoms in total. The van der Waals surface area contributed by atoms with Gasteiger partial charge in [0.25, 0.3) is 0 Å². The van der Waals surface area contributed by atoms with Crippen LogP contribution in [0.2, 0.25) is 0 Å². The first-order chi connectivity index (χ1) is 5.70. The Bertz CT molecular complexity index is 123. The van der Waals surface area contributed by atoms with Gasteiger partial charge in [0.15, 0.2) is 0 Å². The van der Waals surface area contributed by atoms with Crippen LogP contribution in [0.1, 0.15) is 46.0 Å². The van der Waals surface area contributed by atoms with Crippen LogP contribution in [0.25, 0.3) is 0 Å². The van der Waals surface area contributed by atoms with Crippen molar-refractivity contribution >= 4 is 5.97 Å². The summed E-state index contributed by atoms with van der Waals surface area (Å²) in [7, 11) is 0. The Kier molecular flexibility index (Phi) is 6.76. The summed E-state index contributed by atoms with van der Waals surface area (Å²) in [6.45, 7) is 3.80. The molecule has 0 saturated heterocycles. The van der Waals surface area contributed by atoms with E-state index in [9.17, 15) is 4.79 Å². The van der Waals surface area contributed by atoms with Crippen molar-refractivity contribution in [1.29, 1.82) is 0 Å². The number of esters is 1. The third-order valence-electron chi connectivity index (χ3n) is 1.61. The van der Waals surface area contributed by atoms with Crippen molar-refractivity contribution in [3.63, 3.8) is 0 Å². The topological polar surface area (TPSA) is 46.5 Å². The lowest BCUT2D eigenvalue weighted by Gasteiger charge is -2.10. The molecule has 1 N–H and O–H groups in total. The highest BCUT2D eigenvalue weighted by Gasteiger charge is 2.07. The molecule has 0 bridgehead atoms. The van der Waals surface area contributed by atoms with Crippen molar-refractivity contribution in [2.24, 2.45) is 0 Å². The van der Waals surface area contributed by atoms with E-state index >= 15 is 0 Å². The fourth-order valence-electron chi connectivity index (χ4n) is 0.863. The summed E-state index contributed by atoms with van der Waals surface area (Å²) in [6, 6.07) is 0. The van der Waals surface area contributed by atoms with Crippen LogP contribution in [0, 0.1) is 0 Å². The Morgan fingerprint density at radius 3 is 2.58 bits per heavy atom. The molecule has 0 aliphatic rings. The van der Waals surface area contributed by atoms with Crippen LogP contribution in [0.4, 0.5) is 0 Å². The summed E-state index contributed by atoms with van der Waals surface area (Å²) in [6.07, 6.45) is 3.07. The fourth-order valence-corrected chi connectivity index (χ4v) is 0.863. The standard InChI is InChI=1S/C9H18O3/c1-3-5-6-7-9(11)12-8(10)4-2/h9,11H,3-7H2,1-2H3. The summed E-state index contributed by atoms with van der Waals surface area (Å²) < 4.78 is 4.66. The molecular weight excluding hydrogens is 156 g/mol. The molecule has 72 valence electrons. The third-order valence-corrected chi connectivity index (χ3v) is 1.61. The monoisotopic (exact) mass is 174 g/mol. The summed E-state index contributed by atoms with van der Waals surface area (Å²) in [5.74, 6) is -0.334. The predicted molar refractivity (Wildman–Crippen MR) is 46.5 cm³/mol. The average molecular weight is 174 g/mol. The summed E-state index contributed by atoms with van der Waals surface area (Å²) in [5.41, 5.74) is 0. The first-order valence-corrected chi connectivity index (χ1v) is 4.58. The molecule has 0 saturated carbocycles. The zero-order chi connectivity index (χ0) is 9.40. The number of aliphatic hydroxyl groups excluding tert-OH is 1. The second-order valence-electron chi connectivity index (χ2n) is 2.79. The molecule has 0 aromatic heterocycles. The molecular formula is C9H18O3. The van der Waals surface area contributed by atoms with Gasteiger partial charge in [0.05, 0.1) is 0 Å². The predicted octanol–water partition coefficient (Wildman–Crippen LogP) is 1.84. The largest absolute Gasteiger partial charge is 0.436 e. The van der Waals surface area contributed by atoms with Gasteiger partial charge in [-0.3, -0.25) is 4.79 Å². The number of aliphatic hydroxyl groups is 1. The maximum atomic E-state index is 10.7. The van der Waals surface area contributed by atoms with Gasteiger partial charge in [-0.05, 0) is 6.42 Å². The van der Waals surface area contributed by atoms with Crippen molar-refractivity contribution < 1.29 is 14.6 Å². The van der Waals surface area contributed by atoms with Crippen molar-refractivity contribution in [2.45, 2.75) is 52.2 Å². The maximum Gasteiger partial charge on any atom is 0.307 e. The zero-order valence-corrected chi connectivity index (χ0v) is 7.88. The first kappa shape index (κ1) is 11.4. The maximum absolute atomic E-state index is 10.7. The van der Waals surface area contributed by atoms with Crippen molar-refractivity contribution in [3.8, 4) is 0 Å². The molecule has 0 fully saturated rings. The molecule has 0 radical (unpaired) electrons. The Labute approximate surface area is 73.7 Å². The third kappa shape index (κ3) is 6.16. The SMILES string of the molecule is CCCCCC(O)OC(=O)CC. The first-order valence-electron chi connectivity index (χ1n) is 4.58. The fraction of sp³-hybridized carbons (Fsp3) is 0.889. The Balaban J connectivity index is 3.32. The quantitative estimate of drug-likeness (QED) is 0.379. The Morgan fingerprint density at radius 1 is 1.42 bits per heavy atom. The zero-order valence-electron chi connectivity index (χ0n) is 7.88. The molecule has 0 rings (SSSR count). The van der Waals surface area contributed by atoms with E-state index in [4.69, 9.17) is 5.11 Å². The van der Waals surface area contributed by atoms with E-state index in [0.717, 1.165) is 19.3 Å². The van der Waals surface area contributed by atoms with E-state index in [1.54, 1.807) is 6.92 Å². The molecule has 1 atom stereocenters. The highest BCUT2D eigenvalue weighted by molar-refractivity contribution is 5.68. The summed E-state index contributed by atoms with van der Waals surface area (Å²) in [4.78, 5) is 10.7. The van der Waals surface area contributed by atoms with E-state index in [2.05, 4.69) is 11.7 Å². The number of ether oxygens (including phenoxy) is 1. The molecule has 0 aromatic carbocycles. The van der Waals surface area contributed by atoms with Crippen LogP contribution in [0.15, 0.2) is 0 Å². The molecule has 1 unspecified atom stereocenters. The molecule has 3 heteroatoms. The van der Waals surface area contributed by atoms with E-state index in [1.807, 2.05) is 0 Å². The normalized spacial score (nSPS) is 12.6. The van der Waals surface area contributed by atoms with Crippen LogP contribution < -0.4 is 0 Å². The Morgan fingerprint density at radius 2 is 2.08 bits per heavy atom. The van der Waals surface area contributed by atoms with E-state index in [1.165, 1.54) is 0 Å². The lowest BCUT2D eigenvalue weighted by Crippen LogP contribution is -2.16. The molecule has 0 heterocycles. The minimum atomic E-state index is -0.899. The minimum absolute atomic E-state index is 0.324. The van der Waals surface area contributed by atoms with Crippen LogP contribution in [-0.2, 0) is 9.53 Å². The van der Waals surface area contributed by atoms with Gasteiger partial charge in [0, 0.05) is 12.8 Å². The van der Waals surface area contributed by atoms with Gasteiger partial charge in [-0.2, -0.15) is 0 Å². The van der Waals surface area contributed by atoms with Crippen LogP contribution >= 0.6 is 0 Å². The van der Waals surface area contributed by atoms with Crippen LogP contribution in [0.3, 0.4) is 0 Å². The Hall–Kier alpha value is -0.570. The van der Waals surface area contributed by atoms with Gasteiger partial charge in [0.2, 0.25) is 6.29 Å². The van der Waals surface area contributed by atoms with Crippen LogP contribution in [-0.4, -0.2) is 17.4 Å². The van der Waals surface area contributed by atoms with Gasteiger partial charge in [-0.25, -0.2) is 0 Å². The molecule has 0 spiro atoms. The van der Waals surface area contributed by atoms with Gasteiger partial charge < -0.3 is 9.84 Å². The average Bonchev–Trinajstić information content (AvgIpc) is 2.05. The van der Waals surface area contributed by atoms with Crippen molar-refractivity contribution in [1.82, 2.24) is 0 Å². The molecule has 0 aromatic rings.